The highest BCUT2D eigenvalue weighted by Gasteiger charge is 2.55. The van der Waals surface area contributed by atoms with E-state index in [1.807, 2.05) is 0 Å². The average molecular weight is 514 g/mol. The lowest BCUT2D eigenvalue weighted by molar-refractivity contribution is -0.184. The van der Waals surface area contributed by atoms with E-state index in [2.05, 4.69) is 41.5 Å². The summed E-state index contributed by atoms with van der Waals surface area (Å²) in [5.74, 6) is -1.88. The fraction of sp³-hybridized carbons (Fsp3) is 0.316. The number of amides is 2. The van der Waals surface area contributed by atoms with Crippen molar-refractivity contribution in [3.8, 4) is 0 Å². The van der Waals surface area contributed by atoms with Crippen LogP contribution < -0.4 is 11.1 Å². The number of benzene rings is 1. The molecule has 0 bridgehead atoms. The molecule has 2 aromatic heterocycles. The van der Waals surface area contributed by atoms with Gasteiger partial charge in [0.05, 0.1) is 6.61 Å². The monoisotopic (exact) mass is 513 g/mol. The topological polar surface area (TPSA) is 220 Å². The molecule has 0 aliphatic carbocycles. The number of carbonyl (C=O) groups is 3. The number of aromatic nitrogens is 8. The second-order valence-corrected chi connectivity index (χ2v) is 8.74. The van der Waals surface area contributed by atoms with Gasteiger partial charge in [0, 0.05) is 5.75 Å². The van der Waals surface area contributed by atoms with Crippen LogP contribution in [0.15, 0.2) is 46.8 Å². The Kier molecular flexibility index (Phi) is 6.40. The van der Waals surface area contributed by atoms with E-state index in [9.17, 15) is 19.5 Å². The Hall–Kier alpha value is -4.22. The van der Waals surface area contributed by atoms with Crippen LogP contribution in [0.1, 0.15) is 17.4 Å². The first kappa shape index (κ1) is 23.5. The van der Waals surface area contributed by atoms with Crippen LogP contribution in [-0.4, -0.2) is 93.3 Å². The fourth-order valence-electron chi connectivity index (χ4n) is 3.79. The van der Waals surface area contributed by atoms with Crippen LogP contribution in [0, 0.1) is 0 Å². The van der Waals surface area contributed by atoms with Gasteiger partial charge in [0.15, 0.2) is 18.1 Å². The van der Waals surface area contributed by atoms with Gasteiger partial charge in [0.1, 0.15) is 18.3 Å². The number of fused-ring (bicyclic) bond motifs is 1. The maximum absolute atomic E-state index is 12.8. The van der Waals surface area contributed by atoms with Crippen molar-refractivity contribution in [2.24, 2.45) is 5.73 Å². The molecule has 0 saturated carbocycles. The van der Waals surface area contributed by atoms with Gasteiger partial charge >= 0.3 is 5.97 Å². The summed E-state index contributed by atoms with van der Waals surface area (Å²) in [6, 6.07) is 6.65. The minimum Gasteiger partial charge on any atom is -0.477 e. The van der Waals surface area contributed by atoms with E-state index < -0.39 is 36.1 Å². The molecule has 36 heavy (non-hydrogen) atoms. The third-order valence-electron chi connectivity index (χ3n) is 5.55. The highest BCUT2D eigenvalue weighted by molar-refractivity contribution is 7.99. The summed E-state index contributed by atoms with van der Waals surface area (Å²) in [6.45, 7) is 0.122. The zero-order valence-electron chi connectivity index (χ0n) is 18.4. The van der Waals surface area contributed by atoms with Crippen molar-refractivity contribution in [1.29, 1.82) is 0 Å². The molecule has 3 atom stereocenters. The van der Waals surface area contributed by atoms with Crippen molar-refractivity contribution in [2.45, 2.75) is 30.0 Å². The first-order valence-electron chi connectivity index (χ1n) is 10.6. The number of hydrogen-bond donors (Lipinski definition) is 4. The molecule has 186 valence electrons. The predicted molar refractivity (Wildman–Crippen MR) is 118 cm³/mol. The van der Waals surface area contributed by atoms with E-state index in [4.69, 9.17) is 10.5 Å². The number of rotatable bonds is 9. The summed E-state index contributed by atoms with van der Waals surface area (Å²) in [7, 11) is 0. The van der Waals surface area contributed by atoms with Gasteiger partial charge < -0.3 is 20.9 Å². The molecule has 3 aromatic rings. The molecule has 16 nitrogen and oxygen atoms in total. The lowest BCUT2D eigenvalue weighted by Crippen LogP contribution is -2.73. The lowest BCUT2D eigenvalue weighted by Gasteiger charge is -2.49. The average Bonchev–Trinajstić information content (AvgIpc) is 3.57. The third kappa shape index (κ3) is 4.41. The Balaban J connectivity index is 1.26. The second kappa shape index (κ2) is 9.80. The van der Waals surface area contributed by atoms with Crippen molar-refractivity contribution < 1.29 is 24.2 Å². The Morgan fingerprint density at radius 1 is 1.28 bits per heavy atom. The molecule has 2 unspecified atom stereocenters. The molecule has 4 heterocycles. The standard InChI is InChI=1S/C19H19N11O5S/c20-12(9-4-2-1-3-5-9)15(31)21-13-16(32)30-14(18(33)34)10(7-35-17(13)30)8-36-19-24-27-28-29(19)6-11-22-25-26-23-11/h1-5,12-13,17H,6-8,20H2,(H,21,31)(H,33,34)(H,22,23,25,26)/t12?,13-,17?/m1/s1. The summed E-state index contributed by atoms with van der Waals surface area (Å²) in [4.78, 5) is 38.5. The first-order chi connectivity index (χ1) is 17.4. The molecule has 2 amide bonds. The number of tetrazole rings is 2. The second-order valence-electron chi connectivity index (χ2n) is 7.80. The minimum absolute atomic E-state index is 0.0617. The van der Waals surface area contributed by atoms with Crippen LogP contribution in [0.2, 0.25) is 0 Å². The molecule has 17 heteroatoms. The molecular weight excluding hydrogens is 494 g/mol. The molecule has 2 aliphatic heterocycles. The van der Waals surface area contributed by atoms with Crippen LogP contribution in [-0.2, 0) is 25.7 Å². The van der Waals surface area contributed by atoms with Crippen LogP contribution in [0.5, 0.6) is 0 Å². The molecule has 1 saturated heterocycles. The number of nitrogens with zero attached hydrogens (tertiary/aromatic N) is 8. The molecule has 1 fully saturated rings. The van der Waals surface area contributed by atoms with Gasteiger partial charge in [-0.3, -0.25) is 14.5 Å². The van der Waals surface area contributed by atoms with E-state index in [1.54, 1.807) is 30.3 Å². The number of aliphatic carboxylic acids is 1. The number of carboxylic acid groups (broad SMARTS) is 1. The van der Waals surface area contributed by atoms with Gasteiger partial charge in [-0.05, 0) is 32.0 Å². The van der Waals surface area contributed by atoms with Crippen LogP contribution >= 0.6 is 11.8 Å². The van der Waals surface area contributed by atoms with Gasteiger partial charge in [0.25, 0.3) is 5.91 Å². The smallest absolute Gasteiger partial charge is 0.352 e. The van der Waals surface area contributed by atoms with Crippen LogP contribution in [0.25, 0.3) is 0 Å². The zero-order valence-corrected chi connectivity index (χ0v) is 19.2. The van der Waals surface area contributed by atoms with Crippen LogP contribution in [0.4, 0.5) is 0 Å². The number of ether oxygens (including phenoxy) is 1. The number of carboxylic acids is 1. The molecule has 5 rings (SSSR count). The number of carbonyl (C=O) groups excluding carboxylic acids is 2. The molecule has 2 aliphatic rings. The van der Waals surface area contributed by atoms with E-state index in [1.165, 1.54) is 4.68 Å². The maximum Gasteiger partial charge on any atom is 0.352 e. The largest absolute Gasteiger partial charge is 0.477 e. The van der Waals surface area contributed by atoms with Gasteiger partial charge in [-0.2, -0.15) is 0 Å². The van der Waals surface area contributed by atoms with Gasteiger partial charge in [-0.1, -0.05) is 42.1 Å². The van der Waals surface area contributed by atoms with Gasteiger partial charge in [-0.15, -0.1) is 10.2 Å². The third-order valence-corrected chi connectivity index (χ3v) is 6.60. The number of β-lactam (4-membered cyclic amide) rings is 1. The Bertz CT molecular complexity index is 1310. The first-order valence-corrected chi connectivity index (χ1v) is 11.5. The number of thioether (sulfide) groups is 1. The highest BCUT2D eigenvalue weighted by Crippen LogP contribution is 2.35. The molecule has 1 aromatic carbocycles. The van der Waals surface area contributed by atoms with Gasteiger partial charge in [-0.25, -0.2) is 14.6 Å². The Labute approximate surface area is 206 Å². The lowest BCUT2D eigenvalue weighted by atomic mass is 9.98. The number of hydrogen-bond acceptors (Lipinski definition) is 12. The molecule has 5 N–H and O–H groups in total. The quantitative estimate of drug-likeness (QED) is 0.181. The van der Waals surface area contributed by atoms with Crippen LogP contribution in [0.3, 0.4) is 0 Å². The summed E-state index contributed by atoms with van der Waals surface area (Å²) in [6.07, 6.45) is -0.950. The minimum atomic E-state index is -1.29. The fourth-order valence-corrected chi connectivity index (χ4v) is 4.66. The van der Waals surface area contributed by atoms with Crippen molar-refractivity contribution in [2.75, 3.05) is 12.4 Å². The van der Waals surface area contributed by atoms with Gasteiger partial charge in [0.2, 0.25) is 11.1 Å². The Morgan fingerprint density at radius 3 is 2.81 bits per heavy atom. The molecular formula is C19H19N11O5S. The normalized spacial score (nSPS) is 20.0. The van der Waals surface area contributed by atoms with E-state index in [-0.39, 0.29) is 24.6 Å². The highest BCUT2D eigenvalue weighted by atomic mass is 32.2. The SMILES string of the molecule is NC(C(=O)N[C@@H]1C(=O)N2C(C(=O)O)=C(CSc3nnnn3Cc3nnn[nH]3)COC12)c1ccccc1. The van der Waals surface area contributed by atoms with Crippen molar-refractivity contribution in [3.05, 3.63) is 53.0 Å². The van der Waals surface area contributed by atoms with E-state index in [0.29, 0.717) is 22.1 Å². The number of aromatic amines is 1. The number of nitrogens with two attached hydrogens (primary N) is 1. The number of nitrogens with one attached hydrogen (secondary N) is 2. The number of H-pyrrole nitrogens is 1. The van der Waals surface area contributed by atoms with Crippen molar-refractivity contribution in [3.63, 3.8) is 0 Å². The summed E-state index contributed by atoms with van der Waals surface area (Å²) >= 11 is 1.16. The summed E-state index contributed by atoms with van der Waals surface area (Å²) in [5, 5.41) is 37.6. The maximum atomic E-state index is 12.8. The predicted octanol–water partition coefficient (Wildman–Crippen LogP) is -1.95. The molecule has 0 radical (unpaired) electrons. The van der Waals surface area contributed by atoms with Crippen molar-refractivity contribution in [1.82, 2.24) is 51.0 Å². The van der Waals surface area contributed by atoms with Crippen molar-refractivity contribution >= 4 is 29.5 Å². The Morgan fingerprint density at radius 2 is 2.08 bits per heavy atom. The summed E-state index contributed by atoms with van der Waals surface area (Å²) < 4.78 is 7.19. The zero-order chi connectivity index (χ0) is 25.2. The summed E-state index contributed by atoms with van der Waals surface area (Å²) in [5.41, 5.74) is 6.75. The molecule has 0 spiro atoms. The van der Waals surface area contributed by atoms with E-state index in [0.717, 1.165) is 16.7 Å². The van der Waals surface area contributed by atoms with E-state index >= 15 is 0 Å².